The predicted octanol–water partition coefficient (Wildman–Crippen LogP) is 3.31. The third-order valence-corrected chi connectivity index (χ3v) is 5.09. The van der Waals surface area contributed by atoms with Crippen molar-refractivity contribution in [1.29, 1.82) is 0 Å². The van der Waals surface area contributed by atoms with Crippen LogP contribution in [0.1, 0.15) is 17.2 Å². The monoisotopic (exact) mass is 389 g/mol. The van der Waals surface area contributed by atoms with E-state index in [-0.39, 0.29) is 6.10 Å². The summed E-state index contributed by atoms with van der Waals surface area (Å²) < 4.78 is 5.78. The second-order valence-corrected chi connectivity index (χ2v) is 6.99. The number of amides is 1. The second-order valence-electron chi connectivity index (χ2n) is 6.99. The normalized spacial score (nSPS) is 16.4. The van der Waals surface area contributed by atoms with Crippen LogP contribution in [-0.4, -0.2) is 41.0 Å². The molecule has 0 bridgehead atoms. The summed E-state index contributed by atoms with van der Waals surface area (Å²) in [5, 5.41) is 3.24. The average Bonchev–Trinajstić information content (AvgIpc) is 2.76. The van der Waals surface area contributed by atoms with Crippen molar-refractivity contribution in [3.05, 3.63) is 65.9 Å². The number of rotatable bonds is 5. The lowest BCUT2D eigenvalue weighted by atomic mass is 10.0. The molecule has 1 aromatic heterocycles. The zero-order valence-corrected chi connectivity index (χ0v) is 16.2. The van der Waals surface area contributed by atoms with E-state index in [0.29, 0.717) is 25.6 Å². The number of aromatic nitrogens is 2. The van der Waals surface area contributed by atoms with Gasteiger partial charge in [-0.1, -0.05) is 24.3 Å². The van der Waals surface area contributed by atoms with Crippen LogP contribution in [0, 0.1) is 6.92 Å². The Morgan fingerprint density at radius 1 is 1.21 bits per heavy atom. The summed E-state index contributed by atoms with van der Waals surface area (Å²) in [6, 6.07) is 15.6. The first-order valence-electron chi connectivity index (χ1n) is 9.50. The molecule has 0 aliphatic carbocycles. The smallest absolute Gasteiger partial charge is 0.227 e. The zero-order chi connectivity index (χ0) is 20.2. The van der Waals surface area contributed by atoms with Gasteiger partial charge in [0.2, 0.25) is 12.4 Å². The molecule has 0 saturated carbocycles. The fourth-order valence-corrected chi connectivity index (χ4v) is 3.38. The molecule has 3 aromatic rings. The molecule has 1 aliphatic heterocycles. The second kappa shape index (κ2) is 8.28. The maximum Gasteiger partial charge on any atom is 0.227 e. The fraction of sp³-hybridized carbons (Fsp3) is 0.227. The van der Waals surface area contributed by atoms with E-state index in [0.717, 1.165) is 40.2 Å². The van der Waals surface area contributed by atoms with Gasteiger partial charge in [-0.3, -0.25) is 4.79 Å². The Morgan fingerprint density at radius 3 is 2.83 bits per heavy atom. The number of hydrogen-bond acceptors (Lipinski definition) is 6. The molecule has 1 amide bonds. The van der Waals surface area contributed by atoms with Crippen molar-refractivity contribution in [3.8, 4) is 11.3 Å². The highest BCUT2D eigenvalue weighted by molar-refractivity contribution is 5.71. The van der Waals surface area contributed by atoms with E-state index >= 15 is 0 Å². The van der Waals surface area contributed by atoms with E-state index in [1.54, 1.807) is 11.1 Å². The van der Waals surface area contributed by atoms with Gasteiger partial charge in [0.1, 0.15) is 6.10 Å². The quantitative estimate of drug-likeness (QED) is 0.514. The standard InChI is InChI=1S/C22H23N5O2/c1-15-18(3-2-4-19(15)23)20-9-10-24-22(26-20)25-17-7-5-16(6-8-17)21-13-27(14-28)11-12-29-21/h2-10,14,21H,11-13,23H2,1H3,(H,24,25,26). The molecular formula is C22H23N5O2. The molecule has 1 unspecified atom stereocenters. The summed E-state index contributed by atoms with van der Waals surface area (Å²) >= 11 is 0. The number of benzene rings is 2. The van der Waals surface area contributed by atoms with E-state index in [2.05, 4.69) is 15.3 Å². The molecule has 7 heteroatoms. The first kappa shape index (κ1) is 18.9. The van der Waals surface area contributed by atoms with Crippen LogP contribution in [0.4, 0.5) is 17.3 Å². The molecule has 3 N–H and O–H groups in total. The number of nitrogens with two attached hydrogens (primary N) is 1. The molecule has 0 radical (unpaired) electrons. The lowest BCUT2D eigenvalue weighted by molar-refractivity contribution is -0.125. The van der Waals surface area contributed by atoms with Gasteiger partial charge >= 0.3 is 0 Å². The first-order valence-corrected chi connectivity index (χ1v) is 9.50. The highest BCUT2D eigenvalue weighted by Crippen LogP contribution is 2.27. The van der Waals surface area contributed by atoms with Gasteiger partial charge in [0.25, 0.3) is 0 Å². The molecule has 1 atom stereocenters. The molecule has 1 fully saturated rings. The van der Waals surface area contributed by atoms with Crippen molar-refractivity contribution in [3.63, 3.8) is 0 Å². The number of hydrogen-bond donors (Lipinski definition) is 2. The Labute approximate surface area is 169 Å². The van der Waals surface area contributed by atoms with Crippen molar-refractivity contribution < 1.29 is 9.53 Å². The summed E-state index contributed by atoms with van der Waals surface area (Å²) in [5.74, 6) is 0.512. The highest BCUT2D eigenvalue weighted by Gasteiger charge is 2.20. The molecule has 7 nitrogen and oxygen atoms in total. The number of nitrogen functional groups attached to an aromatic ring is 1. The number of ether oxygens (including phenoxy) is 1. The van der Waals surface area contributed by atoms with Crippen LogP contribution in [0.5, 0.6) is 0 Å². The highest BCUT2D eigenvalue weighted by atomic mass is 16.5. The number of nitrogens with one attached hydrogen (secondary N) is 1. The van der Waals surface area contributed by atoms with Crippen LogP contribution in [0.3, 0.4) is 0 Å². The number of carbonyl (C=O) groups is 1. The zero-order valence-electron chi connectivity index (χ0n) is 16.2. The van der Waals surface area contributed by atoms with Gasteiger partial charge in [-0.2, -0.15) is 0 Å². The summed E-state index contributed by atoms with van der Waals surface area (Å²) in [6.45, 7) is 3.74. The van der Waals surface area contributed by atoms with Crippen molar-refractivity contribution in [1.82, 2.24) is 14.9 Å². The number of anilines is 3. The lowest BCUT2D eigenvalue weighted by Gasteiger charge is -2.30. The maximum atomic E-state index is 11.0. The Morgan fingerprint density at radius 2 is 2.03 bits per heavy atom. The van der Waals surface area contributed by atoms with E-state index in [4.69, 9.17) is 10.5 Å². The van der Waals surface area contributed by atoms with Gasteiger partial charge in [0, 0.05) is 29.7 Å². The fourth-order valence-electron chi connectivity index (χ4n) is 3.38. The van der Waals surface area contributed by atoms with Crippen molar-refractivity contribution in [2.24, 2.45) is 0 Å². The summed E-state index contributed by atoms with van der Waals surface area (Å²) in [5.41, 5.74) is 11.5. The average molecular weight is 389 g/mol. The van der Waals surface area contributed by atoms with Crippen LogP contribution < -0.4 is 11.1 Å². The summed E-state index contributed by atoms with van der Waals surface area (Å²) in [7, 11) is 0. The molecule has 148 valence electrons. The van der Waals surface area contributed by atoms with Gasteiger partial charge < -0.3 is 20.7 Å². The minimum Gasteiger partial charge on any atom is -0.398 e. The minimum atomic E-state index is -0.103. The Kier molecular flexibility index (Phi) is 5.39. The maximum absolute atomic E-state index is 11.0. The Bertz CT molecular complexity index is 1010. The largest absolute Gasteiger partial charge is 0.398 e. The molecule has 1 saturated heterocycles. The van der Waals surface area contributed by atoms with Gasteiger partial charge in [0.15, 0.2) is 0 Å². The number of morpholine rings is 1. The molecule has 2 heterocycles. The molecule has 4 rings (SSSR count). The van der Waals surface area contributed by atoms with Gasteiger partial charge in [0.05, 0.1) is 18.8 Å². The molecular weight excluding hydrogens is 366 g/mol. The molecule has 0 spiro atoms. The lowest BCUT2D eigenvalue weighted by Crippen LogP contribution is -2.37. The van der Waals surface area contributed by atoms with E-state index < -0.39 is 0 Å². The number of nitrogens with zero attached hydrogens (tertiary/aromatic N) is 3. The van der Waals surface area contributed by atoms with Gasteiger partial charge in [-0.05, 0) is 42.3 Å². The molecule has 2 aromatic carbocycles. The van der Waals surface area contributed by atoms with Crippen molar-refractivity contribution >= 4 is 23.7 Å². The predicted molar refractivity (Wildman–Crippen MR) is 113 cm³/mol. The van der Waals surface area contributed by atoms with Crippen molar-refractivity contribution in [2.75, 3.05) is 30.7 Å². The molecule has 1 aliphatic rings. The Balaban J connectivity index is 1.50. The van der Waals surface area contributed by atoms with Crippen LogP contribution >= 0.6 is 0 Å². The minimum absolute atomic E-state index is 0.103. The van der Waals surface area contributed by atoms with E-state index in [1.165, 1.54) is 0 Å². The molecule has 29 heavy (non-hydrogen) atoms. The number of carbonyl (C=O) groups excluding carboxylic acids is 1. The van der Waals surface area contributed by atoms with Crippen LogP contribution in [0.15, 0.2) is 54.7 Å². The topological polar surface area (TPSA) is 93.4 Å². The summed E-state index contributed by atoms with van der Waals surface area (Å²) in [4.78, 5) is 21.7. The van der Waals surface area contributed by atoms with Crippen molar-refractivity contribution in [2.45, 2.75) is 13.0 Å². The third kappa shape index (κ3) is 4.20. The third-order valence-electron chi connectivity index (χ3n) is 5.09. The SMILES string of the molecule is Cc1c(N)cccc1-c1ccnc(Nc2ccc(C3CN(C=O)CCO3)cc2)n1. The van der Waals surface area contributed by atoms with Gasteiger partial charge in [-0.15, -0.1) is 0 Å². The Hall–Kier alpha value is -3.45. The van der Waals surface area contributed by atoms with E-state index in [9.17, 15) is 4.79 Å². The first-order chi connectivity index (χ1) is 14.1. The van der Waals surface area contributed by atoms with Gasteiger partial charge in [-0.25, -0.2) is 9.97 Å². The van der Waals surface area contributed by atoms with Crippen LogP contribution in [0.2, 0.25) is 0 Å². The van der Waals surface area contributed by atoms with Crippen LogP contribution in [-0.2, 0) is 9.53 Å². The summed E-state index contributed by atoms with van der Waals surface area (Å²) in [6.07, 6.45) is 2.50. The van der Waals surface area contributed by atoms with E-state index in [1.807, 2.05) is 55.5 Å². The van der Waals surface area contributed by atoms with Crippen LogP contribution in [0.25, 0.3) is 11.3 Å².